The van der Waals surface area contributed by atoms with Gasteiger partial charge in [-0.2, -0.15) is 0 Å². The molecule has 8 nitrogen and oxygen atoms in total. The van der Waals surface area contributed by atoms with Crippen LogP contribution in [-0.2, 0) is 0 Å². The second-order valence-electron chi connectivity index (χ2n) is 15.6. The molecule has 0 fully saturated rings. The van der Waals surface area contributed by atoms with Crippen LogP contribution in [0.1, 0.15) is 68.6 Å². The van der Waals surface area contributed by atoms with Crippen LogP contribution in [0.25, 0.3) is 27.8 Å². The molecule has 0 saturated heterocycles. The van der Waals surface area contributed by atoms with Gasteiger partial charge in [-0.25, -0.2) is 9.98 Å². The third kappa shape index (κ3) is 9.57. The Labute approximate surface area is 344 Å². The fourth-order valence-electron chi connectivity index (χ4n) is 8.00. The van der Waals surface area contributed by atoms with E-state index in [1.54, 1.807) is 0 Å². The lowest BCUT2D eigenvalue weighted by atomic mass is 10.0. The fraction of sp³-hybridized carbons (Fsp3) is 0.300. The molecule has 6 aromatic rings. The minimum atomic E-state index is 0.822. The number of benzene rings is 5. The number of aryl methyl sites for hydroxylation is 3. The zero-order valence-corrected chi connectivity index (χ0v) is 35.2. The number of hydrogen-bond acceptors (Lipinski definition) is 6. The molecule has 0 unspecified atom stereocenters. The van der Waals surface area contributed by atoms with Crippen molar-refractivity contribution < 1.29 is 9.88 Å². The number of para-hydroxylation sites is 2. The number of nitrogens with zero attached hydrogens (tertiary/aromatic N) is 3. The molecule has 8 heteroatoms. The van der Waals surface area contributed by atoms with Crippen LogP contribution < -0.4 is 31.2 Å². The summed E-state index contributed by atoms with van der Waals surface area (Å²) in [5.74, 6) is 0. The molecule has 1 heterocycles. The van der Waals surface area contributed by atoms with Crippen LogP contribution in [-0.4, -0.2) is 37.9 Å². The average molecular weight is 773 g/mol. The van der Waals surface area contributed by atoms with Crippen molar-refractivity contribution in [1.29, 1.82) is 0 Å². The fourth-order valence-corrected chi connectivity index (χ4v) is 8.00. The van der Waals surface area contributed by atoms with E-state index >= 15 is 0 Å². The number of rotatable bonds is 17. The predicted molar refractivity (Wildman–Crippen MR) is 246 cm³/mol. The van der Waals surface area contributed by atoms with E-state index in [2.05, 4.69) is 168 Å². The molecular weight excluding hydrogens is 713 g/mol. The number of aliphatic imine (C=N–C) groups is 1. The summed E-state index contributed by atoms with van der Waals surface area (Å²) in [4.78, 5) is 10.3. The summed E-state index contributed by atoms with van der Waals surface area (Å²) < 4.78 is 2.35. The van der Waals surface area contributed by atoms with Crippen molar-refractivity contribution in [1.82, 2.24) is 10.3 Å². The van der Waals surface area contributed by atoms with E-state index < -0.39 is 0 Å². The van der Waals surface area contributed by atoms with Crippen molar-refractivity contribution in [2.75, 3.05) is 43.1 Å². The van der Waals surface area contributed by atoms with Gasteiger partial charge in [0, 0.05) is 92.4 Å². The van der Waals surface area contributed by atoms with Gasteiger partial charge in [0.05, 0.1) is 0 Å². The Hall–Kier alpha value is -5.99. The standard InChI is InChI=1S/C50H58N8/c1-34-27-39(56-45-28-35(2)42(51-5)31-46(45)55-38-19-13-11-14-20-38)23-24-41(34)53-25-17-9-7-8-10-18-26-54-44-33-50-48(30-37(44)4)57-47-29-36(3)43(52-6)32-49(47)58(50)40-21-15-12-16-22-40/h11-16,19-22,24,27-33,51,53,55H,7-10,17-18,23,25-26H2,1-6H3,(H,52,54)/p+2. The Kier molecular flexibility index (Phi) is 13.2. The van der Waals surface area contributed by atoms with Gasteiger partial charge in [0.25, 0.3) is 0 Å². The Morgan fingerprint density at radius 2 is 1.21 bits per heavy atom. The molecule has 0 aliphatic heterocycles. The molecular formula is C50H60N8+2. The lowest BCUT2D eigenvalue weighted by Gasteiger charge is -2.17. The zero-order valence-electron chi connectivity index (χ0n) is 35.2. The highest BCUT2D eigenvalue weighted by molar-refractivity contribution is 6.00. The average Bonchev–Trinajstić information content (AvgIpc) is 3.23. The molecule has 1 aliphatic carbocycles. The number of quaternary nitrogens is 1. The minimum absolute atomic E-state index is 0.822. The van der Waals surface area contributed by atoms with E-state index in [1.165, 1.54) is 71.4 Å². The minimum Gasteiger partial charge on any atom is -0.388 e. The highest BCUT2D eigenvalue weighted by Crippen LogP contribution is 2.31. The number of anilines is 3. The van der Waals surface area contributed by atoms with Gasteiger partial charge in [0.15, 0.2) is 5.69 Å². The van der Waals surface area contributed by atoms with Crippen LogP contribution >= 0.6 is 0 Å². The van der Waals surface area contributed by atoms with Crippen molar-refractivity contribution >= 4 is 61.9 Å². The molecule has 5 aromatic carbocycles. The first-order valence-corrected chi connectivity index (χ1v) is 21.0. The summed E-state index contributed by atoms with van der Waals surface area (Å²) >= 11 is 0. The number of allylic oxidation sites excluding steroid dienone is 3. The topological polar surface area (TPSA) is 93.9 Å². The van der Waals surface area contributed by atoms with Crippen LogP contribution in [0.4, 0.5) is 34.1 Å². The molecule has 0 saturated carbocycles. The van der Waals surface area contributed by atoms with Crippen molar-refractivity contribution in [3.05, 3.63) is 137 Å². The molecule has 1 aromatic heterocycles. The number of unbranched alkanes of at least 4 members (excludes halogenated alkanes) is 5. The predicted octanol–water partition coefficient (Wildman–Crippen LogP) is 10.5. The van der Waals surface area contributed by atoms with Gasteiger partial charge in [-0.1, -0.05) is 68.2 Å². The SMILES string of the molecule is CNc1cc([NH2+]c2ccccc2)c(N=C2C=C(C)C(NCCCCCCCCNc3cc4c(cc3C)nc3cc(C)c(NC)cc3[n+]4-c3ccccc3)=CC2)cc1C. The van der Waals surface area contributed by atoms with Gasteiger partial charge < -0.3 is 21.3 Å². The number of nitrogens with two attached hydrogens (primary N) is 1. The second-order valence-corrected chi connectivity index (χ2v) is 15.6. The van der Waals surface area contributed by atoms with E-state index in [9.17, 15) is 0 Å². The molecule has 0 bridgehead atoms. The van der Waals surface area contributed by atoms with E-state index in [1.807, 2.05) is 14.1 Å². The van der Waals surface area contributed by atoms with Crippen molar-refractivity contribution in [2.45, 2.75) is 72.6 Å². The quantitative estimate of drug-likeness (QED) is 0.0276. The van der Waals surface area contributed by atoms with Gasteiger partial charge in [0.1, 0.15) is 22.4 Å². The Morgan fingerprint density at radius 1 is 0.638 bits per heavy atom. The smallest absolute Gasteiger partial charge is 0.239 e. The highest BCUT2D eigenvalue weighted by Gasteiger charge is 2.22. The van der Waals surface area contributed by atoms with Crippen LogP contribution in [0.15, 0.2) is 125 Å². The van der Waals surface area contributed by atoms with Crippen molar-refractivity contribution in [3.8, 4) is 5.69 Å². The second kappa shape index (κ2) is 19.0. The number of aromatic nitrogens is 2. The van der Waals surface area contributed by atoms with Gasteiger partial charge in [0.2, 0.25) is 16.7 Å². The normalized spacial score (nSPS) is 13.4. The summed E-state index contributed by atoms with van der Waals surface area (Å²) in [7, 11) is 3.95. The monoisotopic (exact) mass is 772 g/mol. The van der Waals surface area contributed by atoms with Gasteiger partial charge >= 0.3 is 0 Å². The molecule has 298 valence electrons. The Bertz CT molecular complexity index is 2470. The van der Waals surface area contributed by atoms with Gasteiger partial charge in [-0.15, -0.1) is 4.57 Å². The maximum Gasteiger partial charge on any atom is 0.239 e. The maximum atomic E-state index is 5.15. The zero-order chi connectivity index (χ0) is 40.4. The first-order chi connectivity index (χ1) is 28.3. The summed E-state index contributed by atoms with van der Waals surface area (Å²) in [5.41, 5.74) is 19.2. The largest absolute Gasteiger partial charge is 0.388 e. The van der Waals surface area contributed by atoms with Gasteiger partial charge in [-0.05, 0) is 99.2 Å². The highest BCUT2D eigenvalue weighted by atomic mass is 15.0. The lowest BCUT2D eigenvalue weighted by molar-refractivity contribution is -0.538. The molecule has 0 spiro atoms. The number of hydrogen-bond donors (Lipinski definition) is 5. The summed E-state index contributed by atoms with van der Waals surface area (Å²) in [6.07, 6.45) is 12.7. The third-order valence-electron chi connectivity index (χ3n) is 11.2. The molecule has 58 heavy (non-hydrogen) atoms. The first kappa shape index (κ1) is 40.2. The van der Waals surface area contributed by atoms with Crippen molar-refractivity contribution in [3.63, 3.8) is 0 Å². The van der Waals surface area contributed by atoms with E-state index in [0.29, 0.717) is 0 Å². The lowest BCUT2D eigenvalue weighted by Crippen LogP contribution is -2.71. The summed E-state index contributed by atoms with van der Waals surface area (Å²) in [6.45, 7) is 10.6. The van der Waals surface area contributed by atoms with Gasteiger partial charge in [-0.3, -0.25) is 5.32 Å². The molecule has 1 aliphatic rings. The molecule has 0 atom stereocenters. The molecule has 6 N–H and O–H groups in total. The molecule has 0 radical (unpaired) electrons. The number of fused-ring (bicyclic) bond motifs is 2. The van der Waals surface area contributed by atoms with Crippen LogP contribution in [0.5, 0.6) is 0 Å². The van der Waals surface area contributed by atoms with E-state index in [4.69, 9.17) is 9.98 Å². The van der Waals surface area contributed by atoms with E-state index in [-0.39, 0.29) is 0 Å². The van der Waals surface area contributed by atoms with E-state index in [0.717, 1.165) is 82.1 Å². The maximum absolute atomic E-state index is 5.15. The molecule has 7 rings (SSSR count). The summed E-state index contributed by atoms with van der Waals surface area (Å²) in [5, 5.41) is 16.4. The number of nitrogens with one attached hydrogen (secondary N) is 4. The van der Waals surface area contributed by atoms with Crippen LogP contribution in [0.3, 0.4) is 0 Å². The Balaban J connectivity index is 0.872. The first-order valence-electron chi connectivity index (χ1n) is 21.0. The molecule has 0 amide bonds. The third-order valence-corrected chi connectivity index (χ3v) is 11.2. The Morgan fingerprint density at radius 3 is 1.86 bits per heavy atom. The summed E-state index contributed by atoms with van der Waals surface area (Å²) in [6, 6.07) is 34.4. The van der Waals surface area contributed by atoms with Crippen LogP contribution in [0.2, 0.25) is 0 Å². The van der Waals surface area contributed by atoms with Crippen LogP contribution in [0, 0.1) is 20.8 Å². The van der Waals surface area contributed by atoms with Crippen molar-refractivity contribution in [2.24, 2.45) is 4.99 Å².